The van der Waals surface area contributed by atoms with Crippen LogP contribution in [0.25, 0.3) is 0 Å². The number of methoxy groups -OCH3 is 1. The van der Waals surface area contributed by atoms with E-state index in [-0.39, 0.29) is 6.03 Å². The van der Waals surface area contributed by atoms with Crippen LogP contribution in [-0.4, -0.2) is 19.7 Å². The third kappa shape index (κ3) is 6.79. The molecule has 0 unspecified atom stereocenters. The van der Waals surface area contributed by atoms with Crippen LogP contribution in [0.3, 0.4) is 0 Å². The topological polar surface area (TPSA) is 83.4 Å². The molecule has 6 heteroatoms. The van der Waals surface area contributed by atoms with E-state index >= 15 is 0 Å². The monoisotopic (exact) mass is 415 g/mol. The van der Waals surface area contributed by atoms with E-state index in [0.717, 1.165) is 28.9 Å². The summed E-state index contributed by atoms with van der Waals surface area (Å²) in [5, 5.41) is 14.5. The van der Waals surface area contributed by atoms with Crippen LogP contribution in [0.4, 0.5) is 10.5 Å². The largest absolute Gasteiger partial charge is 0.497 e. The molecule has 0 aliphatic heterocycles. The summed E-state index contributed by atoms with van der Waals surface area (Å²) in [6.45, 7) is 0.839. The van der Waals surface area contributed by atoms with Crippen molar-refractivity contribution in [2.75, 3.05) is 19.0 Å². The van der Waals surface area contributed by atoms with Gasteiger partial charge in [-0.25, -0.2) is 4.79 Å². The van der Waals surface area contributed by atoms with E-state index in [9.17, 15) is 4.79 Å². The highest BCUT2D eigenvalue weighted by molar-refractivity contribution is 5.90. The average molecular weight is 415 g/mol. The number of hydrogen-bond acceptors (Lipinski definition) is 4. The van der Waals surface area contributed by atoms with Gasteiger partial charge in [0.15, 0.2) is 0 Å². The Morgan fingerprint density at radius 3 is 2.32 bits per heavy atom. The molecule has 0 saturated heterocycles. The SMILES string of the molecule is COc1ccc(CCNC(=O)Nc2ccccc2COc2ccc(CC#N)cc2)cc1. The van der Waals surface area contributed by atoms with Crippen LogP contribution in [0.1, 0.15) is 16.7 Å². The number of amides is 2. The lowest BCUT2D eigenvalue weighted by Crippen LogP contribution is -2.30. The first kappa shape index (κ1) is 21.7. The molecule has 3 aromatic rings. The molecule has 0 bridgehead atoms. The number of benzene rings is 3. The van der Waals surface area contributed by atoms with Gasteiger partial charge < -0.3 is 20.1 Å². The summed E-state index contributed by atoms with van der Waals surface area (Å²) in [7, 11) is 1.64. The summed E-state index contributed by atoms with van der Waals surface area (Å²) in [6.07, 6.45) is 1.10. The summed E-state index contributed by atoms with van der Waals surface area (Å²) >= 11 is 0. The maximum absolute atomic E-state index is 12.3. The normalized spacial score (nSPS) is 10.1. The molecule has 3 rings (SSSR count). The number of nitrogens with zero attached hydrogens (tertiary/aromatic N) is 1. The lowest BCUT2D eigenvalue weighted by atomic mass is 10.1. The zero-order valence-electron chi connectivity index (χ0n) is 17.4. The van der Waals surface area contributed by atoms with Crippen molar-refractivity contribution in [3.05, 3.63) is 89.5 Å². The Balaban J connectivity index is 1.49. The van der Waals surface area contributed by atoms with Gasteiger partial charge in [0.2, 0.25) is 0 Å². The summed E-state index contributed by atoms with van der Waals surface area (Å²) in [4.78, 5) is 12.3. The highest BCUT2D eigenvalue weighted by Crippen LogP contribution is 2.19. The summed E-state index contributed by atoms with van der Waals surface area (Å²) in [6, 6.07) is 24.6. The Morgan fingerprint density at radius 1 is 0.935 bits per heavy atom. The number of nitriles is 1. The summed E-state index contributed by atoms with van der Waals surface area (Å²) < 4.78 is 11.0. The number of rotatable bonds is 9. The minimum atomic E-state index is -0.262. The van der Waals surface area contributed by atoms with Crippen LogP contribution in [-0.2, 0) is 19.4 Å². The fourth-order valence-corrected chi connectivity index (χ4v) is 3.00. The highest BCUT2D eigenvalue weighted by Gasteiger charge is 2.07. The third-order valence-electron chi connectivity index (χ3n) is 4.72. The van der Waals surface area contributed by atoms with Crippen molar-refractivity contribution >= 4 is 11.7 Å². The molecule has 0 heterocycles. The first-order chi connectivity index (χ1) is 15.2. The molecule has 0 radical (unpaired) electrons. The molecule has 3 aromatic carbocycles. The van der Waals surface area contributed by atoms with Gasteiger partial charge in [-0.05, 0) is 47.9 Å². The molecule has 2 N–H and O–H groups in total. The summed E-state index contributed by atoms with van der Waals surface area (Å²) in [5.74, 6) is 1.52. The first-order valence-corrected chi connectivity index (χ1v) is 10.0. The van der Waals surface area contributed by atoms with Crippen molar-refractivity contribution in [2.24, 2.45) is 0 Å². The summed E-state index contributed by atoms with van der Waals surface area (Å²) in [5.41, 5.74) is 3.64. The van der Waals surface area contributed by atoms with E-state index < -0.39 is 0 Å². The molecule has 0 spiro atoms. The average Bonchev–Trinajstić information content (AvgIpc) is 2.80. The maximum atomic E-state index is 12.3. The van der Waals surface area contributed by atoms with Gasteiger partial charge in [0.05, 0.1) is 19.6 Å². The zero-order valence-corrected chi connectivity index (χ0v) is 17.4. The van der Waals surface area contributed by atoms with Crippen LogP contribution in [0.2, 0.25) is 0 Å². The second kappa shape index (κ2) is 11.3. The van der Waals surface area contributed by atoms with Crippen molar-refractivity contribution in [2.45, 2.75) is 19.4 Å². The Kier molecular flexibility index (Phi) is 7.90. The molecule has 6 nitrogen and oxygen atoms in total. The van der Waals surface area contributed by atoms with E-state index in [0.29, 0.717) is 31.0 Å². The molecular weight excluding hydrogens is 390 g/mol. The molecule has 0 atom stereocenters. The van der Waals surface area contributed by atoms with Crippen molar-refractivity contribution in [1.29, 1.82) is 5.26 Å². The van der Waals surface area contributed by atoms with Gasteiger partial charge in [0.25, 0.3) is 0 Å². The van der Waals surface area contributed by atoms with Gasteiger partial charge in [0, 0.05) is 17.8 Å². The second-order valence-corrected chi connectivity index (χ2v) is 6.90. The van der Waals surface area contributed by atoms with Gasteiger partial charge in [0.1, 0.15) is 18.1 Å². The number of hydrogen-bond donors (Lipinski definition) is 2. The van der Waals surface area contributed by atoms with Gasteiger partial charge >= 0.3 is 6.03 Å². The lowest BCUT2D eigenvalue weighted by Gasteiger charge is -2.13. The van der Waals surface area contributed by atoms with Crippen LogP contribution >= 0.6 is 0 Å². The van der Waals surface area contributed by atoms with Crippen molar-refractivity contribution in [3.8, 4) is 17.6 Å². The first-order valence-electron chi connectivity index (χ1n) is 10.0. The van der Waals surface area contributed by atoms with Crippen LogP contribution in [0.5, 0.6) is 11.5 Å². The Hall–Kier alpha value is -3.98. The molecule has 0 saturated carbocycles. The smallest absolute Gasteiger partial charge is 0.319 e. The number of urea groups is 1. The standard InChI is InChI=1S/C25H25N3O3/c1-30-22-10-6-20(7-11-22)15-17-27-25(29)28-24-5-3-2-4-21(24)18-31-23-12-8-19(9-13-23)14-16-26/h2-13H,14-15,17-18H2,1H3,(H2,27,28,29). The Bertz CT molecular complexity index is 1030. The van der Waals surface area contributed by atoms with Crippen LogP contribution in [0.15, 0.2) is 72.8 Å². The maximum Gasteiger partial charge on any atom is 0.319 e. The molecule has 158 valence electrons. The van der Waals surface area contributed by atoms with Gasteiger partial charge in [-0.15, -0.1) is 0 Å². The highest BCUT2D eigenvalue weighted by atomic mass is 16.5. The predicted molar refractivity (Wildman–Crippen MR) is 120 cm³/mol. The van der Waals surface area contributed by atoms with E-state index in [1.807, 2.05) is 72.8 Å². The second-order valence-electron chi connectivity index (χ2n) is 6.90. The molecule has 31 heavy (non-hydrogen) atoms. The molecular formula is C25H25N3O3. The number of nitrogens with one attached hydrogen (secondary N) is 2. The molecule has 0 aliphatic rings. The number of para-hydroxylation sites is 1. The van der Waals surface area contributed by atoms with E-state index in [2.05, 4.69) is 16.7 Å². The minimum Gasteiger partial charge on any atom is -0.497 e. The lowest BCUT2D eigenvalue weighted by molar-refractivity contribution is 0.252. The number of anilines is 1. The van der Waals surface area contributed by atoms with Gasteiger partial charge in [-0.1, -0.05) is 42.5 Å². The Labute approximate surface area is 182 Å². The zero-order chi connectivity index (χ0) is 21.9. The van der Waals surface area contributed by atoms with E-state index in [1.54, 1.807) is 7.11 Å². The molecule has 0 aromatic heterocycles. The molecule has 2 amide bonds. The predicted octanol–water partition coefficient (Wildman–Crippen LogP) is 4.70. The van der Waals surface area contributed by atoms with Crippen LogP contribution in [0, 0.1) is 11.3 Å². The van der Waals surface area contributed by atoms with Crippen molar-refractivity contribution < 1.29 is 14.3 Å². The van der Waals surface area contributed by atoms with Crippen molar-refractivity contribution in [1.82, 2.24) is 5.32 Å². The van der Waals surface area contributed by atoms with Gasteiger partial charge in [-0.3, -0.25) is 0 Å². The van der Waals surface area contributed by atoms with E-state index in [4.69, 9.17) is 14.7 Å². The number of ether oxygens (including phenoxy) is 2. The third-order valence-corrected chi connectivity index (χ3v) is 4.72. The number of carbonyl (C=O) groups is 1. The van der Waals surface area contributed by atoms with Gasteiger partial charge in [-0.2, -0.15) is 5.26 Å². The number of carbonyl (C=O) groups excluding carboxylic acids is 1. The Morgan fingerprint density at radius 2 is 1.61 bits per heavy atom. The molecule has 0 fully saturated rings. The molecule has 0 aliphatic carbocycles. The fraction of sp³-hybridized carbons (Fsp3) is 0.200. The van der Waals surface area contributed by atoms with E-state index in [1.165, 1.54) is 0 Å². The quantitative estimate of drug-likeness (QED) is 0.530. The van der Waals surface area contributed by atoms with Crippen LogP contribution < -0.4 is 20.1 Å². The minimum absolute atomic E-state index is 0.262. The fourth-order valence-electron chi connectivity index (χ4n) is 3.00. The van der Waals surface area contributed by atoms with Crippen molar-refractivity contribution in [3.63, 3.8) is 0 Å².